The summed E-state index contributed by atoms with van der Waals surface area (Å²) in [5.74, 6) is 7.37. The summed E-state index contributed by atoms with van der Waals surface area (Å²) in [7, 11) is 0. The molecule has 5 heteroatoms. The van der Waals surface area contributed by atoms with Gasteiger partial charge in [-0.2, -0.15) is 0 Å². The van der Waals surface area contributed by atoms with Gasteiger partial charge in [0.05, 0.1) is 25.4 Å². The highest BCUT2D eigenvalue weighted by atomic mass is 16.5. The van der Waals surface area contributed by atoms with Crippen molar-refractivity contribution in [3.8, 4) is 11.8 Å². The van der Waals surface area contributed by atoms with E-state index >= 15 is 0 Å². The number of carbonyl (C=O) groups is 1. The molecule has 3 fully saturated rings. The number of morpholine rings is 1. The second-order valence-corrected chi connectivity index (χ2v) is 9.44. The van der Waals surface area contributed by atoms with Crippen LogP contribution in [0.5, 0.6) is 0 Å². The van der Waals surface area contributed by atoms with E-state index in [2.05, 4.69) is 24.0 Å². The van der Waals surface area contributed by atoms with E-state index in [4.69, 9.17) is 4.74 Å². The number of nitrogens with zero attached hydrogens (tertiary/aromatic N) is 1. The summed E-state index contributed by atoms with van der Waals surface area (Å²) in [5.41, 5.74) is 1.48. The molecule has 0 aromatic carbocycles. The molecule has 1 amide bonds. The molecular weight excluding hydrogens is 390 g/mol. The summed E-state index contributed by atoms with van der Waals surface area (Å²) in [6.07, 6.45) is 11.5. The van der Waals surface area contributed by atoms with Crippen molar-refractivity contribution in [1.82, 2.24) is 4.90 Å². The Morgan fingerprint density at radius 2 is 2.10 bits per heavy atom. The van der Waals surface area contributed by atoms with Gasteiger partial charge in [0, 0.05) is 31.8 Å². The van der Waals surface area contributed by atoms with Crippen molar-refractivity contribution in [3.63, 3.8) is 0 Å². The van der Waals surface area contributed by atoms with Crippen molar-refractivity contribution in [2.24, 2.45) is 23.7 Å². The number of ether oxygens (including phenoxy) is 1. The van der Waals surface area contributed by atoms with Crippen molar-refractivity contribution >= 4 is 5.91 Å². The molecule has 172 valence electrons. The molecule has 3 rings (SSSR count). The van der Waals surface area contributed by atoms with Crippen molar-refractivity contribution in [2.75, 3.05) is 26.3 Å². The fourth-order valence-corrected chi connectivity index (χ4v) is 5.29. The Labute approximate surface area is 187 Å². The monoisotopic (exact) mass is 429 g/mol. The van der Waals surface area contributed by atoms with E-state index in [1.165, 1.54) is 5.57 Å². The summed E-state index contributed by atoms with van der Waals surface area (Å²) in [4.78, 5) is 14.2. The maximum atomic E-state index is 12.3. The topological polar surface area (TPSA) is 70.0 Å². The second kappa shape index (κ2) is 11.9. The van der Waals surface area contributed by atoms with E-state index in [1.807, 2.05) is 24.8 Å². The van der Waals surface area contributed by atoms with Gasteiger partial charge < -0.3 is 19.8 Å². The van der Waals surface area contributed by atoms with Crippen LogP contribution in [0.15, 0.2) is 23.8 Å². The van der Waals surface area contributed by atoms with Gasteiger partial charge in [-0.05, 0) is 56.8 Å². The van der Waals surface area contributed by atoms with E-state index in [0.29, 0.717) is 37.9 Å². The van der Waals surface area contributed by atoms with Crippen LogP contribution in [0.4, 0.5) is 0 Å². The molecule has 2 saturated carbocycles. The third-order valence-electron chi connectivity index (χ3n) is 7.22. The molecule has 0 radical (unpaired) electrons. The van der Waals surface area contributed by atoms with Crippen molar-refractivity contribution in [3.05, 3.63) is 23.8 Å². The molecule has 3 aliphatic rings. The summed E-state index contributed by atoms with van der Waals surface area (Å²) in [5, 5.41) is 20.9. The zero-order valence-electron chi connectivity index (χ0n) is 19.1. The lowest BCUT2D eigenvalue weighted by Crippen LogP contribution is -2.40. The van der Waals surface area contributed by atoms with Crippen LogP contribution in [-0.4, -0.2) is 59.5 Å². The number of unbranched alkanes of at least 4 members (excludes halogenated alkanes) is 1. The minimum absolute atomic E-state index is 0.0947. The maximum Gasteiger partial charge on any atom is 0.222 e. The minimum atomic E-state index is -0.521. The number of allylic oxidation sites excluding steroid dienone is 2. The molecule has 0 aromatic heterocycles. The molecule has 0 unspecified atom stereocenters. The standard InChI is InChI=1S/C26H39NO4/c1-3-4-7-19(2)24(28)11-10-22-23-17-20(16-21(23)18-25(22)29)8-5-6-9-26(30)27-12-14-31-15-13-27/h8,10-11,19,21-25,28-29H,5-7,9,12-18H2,1-2H3/b11-10+,20-8?/t19-,21-,22+,23-,24-,25+/m0/s1. The predicted octanol–water partition coefficient (Wildman–Crippen LogP) is 3.32. The Morgan fingerprint density at radius 1 is 1.32 bits per heavy atom. The van der Waals surface area contributed by atoms with Gasteiger partial charge in [0.2, 0.25) is 5.91 Å². The van der Waals surface area contributed by atoms with Gasteiger partial charge >= 0.3 is 0 Å². The zero-order valence-corrected chi connectivity index (χ0v) is 19.1. The molecule has 5 nitrogen and oxygen atoms in total. The quantitative estimate of drug-likeness (QED) is 0.353. The Balaban J connectivity index is 1.45. The van der Waals surface area contributed by atoms with Crippen LogP contribution >= 0.6 is 0 Å². The Bertz CT molecular complexity index is 713. The first-order chi connectivity index (χ1) is 15.0. The second-order valence-electron chi connectivity index (χ2n) is 9.44. The lowest BCUT2D eigenvalue weighted by Gasteiger charge is -2.26. The number of aliphatic hydroxyl groups excluding tert-OH is 2. The van der Waals surface area contributed by atoms with Crippen molar-refractivity contribution < 1.29 is 19.7 Å². The largest absolute Gasteiger partial charge is 0.392 e. The molecule has 6 atom stereocenters. The third-order valence-corrected chi connectivity index (χ3v) is 7.22. The van der Waals surface area contributed by atoms with Crippen LogP contribution in [0.3, 0.4) is 0 Å². The molecule has 0 aromatic rings. The van der Waals surface area contributed by atoms with Gasteiger partial charge in [-0.15, -0.1) is 11.8 Å². The smallest absolute Gasteiger partial charge is 0.222 e. The molecule has 31 heavy (non-hydrogen) atoms. The van der Waals surface area contributed by atoms with Gasteiger partial charge in [0.1, 0.15) is 0 Å². The fraction of sp³-hybridized carbons (Fsp3) is 0.731. The number of rotatable bonds is 8. The van der Waals surface area contributed by atoms with E-state index in [1.54, 1.807) is 0 Å². The fourth-order valence-electron chi connectivity index (χ4n) is 5.29. The summed E-state index contributed by atoms with van der Waals surface area (Å²) < 4.78 is 5.31. The summed E-state index contributed by atoms with van der Waals surface area (Å²) in [6, 6.07) is 0. The molecule has 2 N–H and O–H groups in total. The molecule has 1 aliphatic heterocycles. The highest BCUT2D eigenvalue weighted by Gasteiger charge is 2.45. The van der Waals surface area contributed by atoms with Crippen LogP contribution in [-0.2, 0) is 9.53 Å². The van der Waals surface area contributed by atoms with Gasteiger partial charge in [0.25, 0.3) is 0 Å². The molecule has 1 saturated heterocycles. The van der Waals surface area contributed by atoms with Crippen LogP contribution in [0.2, 0.25) is 0 Å². The van der Waals surface area contributed by atoms with Crippen molar-refractivity contribution in [1.29, 1.82) is 0 Å². The number of hydrogen-bond donors (Lipinski definition) is 2. The predicted molar refractivity (Wildman–Crippen MR) is 122 cm³/mol. The Morgan fingerprint density at radius 3 is 2.84 bits per heavy atom. The van der Waals surface area contributed by atoms with E-state index < -0.39 is 6.10 Å². The Hall–Kier alpha value is -1.61. The van der Waals surface area contributed by atoms with E-state index in [9.17, 15) is 15.0 Å². The average molecular weight is 430 g/mol. The van der Waals surface area contributed by atoms with E-state index in [0.717, 1.165) is 45.2 Å². The lowest BCUT2D eigenvalue weighted by molar-refractivity contribution is -0.135. The highest BCUT2D eigenvalue weighted by Crippen LogP contribution is 2.50. The number of carbonyl (C=O) groups excluding carboxylic acids is 1. The number of aliphatic hydroxyl groups is 2. The lowest BCUT2D eigenvalue weighted by atomic mass is 9.89. The maximum absolute atomic E-state index is 12.3. The SMILES string of the molecule is CC#CC[C@H](C)[C@@H](O)/C=C/[C@@H]1[C@H]2CC(=CCCCC(=O)N3CCOCC3)C[C@H]2C[C@H]1O. The van der Waals surface area contributed by atoms with Crippen LogP contribution in [0, 0.1) is 35.5 Å². The first-order valence-electron chi connectivity index (χ1n) is 12.0. The minimum Gasteiger partial charge on any atom is -0.392 e. The zero-order chi connectivity index (χ0) is 22.2. The van der Waals surface area contributed by atoms with Crippen LogP contribution < -0.4 is 0 Å². The number of hydrogen-bond acceptors (Lipinski definition) is 4. The highest BCUT2D eigenvalue weighted by molar-refractivity contribution is 5.76. The first kappa shape index (κ1) is 24.0. The molecule has 0 spiro atoms. The van der Waals surface area contributed by atoms with Crippen LogP contribution in [0.25, 0.3) is 0 Å². The molecule has 0 bridgehead atoms. The van der Waals surface area contributed by atoms with Crippen molar-refractivity contribution in [2.45, 2.75) is 71.0 Å². The number of fused-ring (bicyclic) bond motifs is 1. The molecule has 2 aliphatic carbocycles. The normalized spacial score (nSPS) is 31.5. The Kier molecular flexibility index (Phi) is 9.19. The summed E-state index contributed by atoms with van der Waals surface area (Å²) in [6.45, 7) is 6.58. The molecule has 1 heterocycles. The van der Waals surface area contributed by atoms with Gasteiger partial charge in [-0.1, -0.05) is 30.7 Å². The van der Waals surface area contributed by atoms with Gasteiger partial charge in [-0.25, -0.2) is 0 Å². The van der Waals surface area contributed by atoms with Gasteiger partial charge in [-0.3, -0.25) is 4.79 Å². The number of amides is 1. The average Bonchev–Trinajstić information content (AvgIpc) is 3.30. The first-order valence-corrected chi connectivity index (χ1v) is 12.0. The summed E-state index contributed by atoms with van der Waals surface area (Å²) >= 11 is 0. The van der Waals surface area contributed by atoms with Gasteiger partial charge in [0.15, 0.2) is 0 Å². The molecular formula is C26H39NO4. The van der Waals surface area contributed by atoms with Crippen LogP contribution in [0.1, 0.15) is 58.8 Å². The third kappa shape index (κ3) is 6.68. The van der Waals surface area contributed by atoms with E-state index in [-0.39, 0.29) is 23.8 Å².